The Morgan fingerprint density at radius 1 is 0.410 bits per heavy atom. The maximum atomic E-state index is 4.95. The van der Waals surface area contributed by atoms with Crippen LogP contribution in [0, 0.1) is 23.7 Å². The van der Waals surface area contributed by atoms with Crippen molar-refractivity contribution in [1.29, 1.82) is 0 Å². The quantitative estimate of drug-likeness (QED) is 0.163. The first-order chi connectivity index (χ1) is 29.9. The molecule has 14 rings (SSSR count). The second kappa shape index (κ2) is 13.1. The summed E-state index contributed by atoms with van der Waals surface area (Å²) >= 11 is 0. The summed E-state index contributed by atoms with van der Waals surface area (Å²) in [6.07, 6.45) is 7.13. The fourth-order valence-electron chi connectivity index (χ4n) is 13.3. The number of fused-ring (bicyclic) bond motifs is 7. The molecule has 6 aliphatic rings. The van der Waals surface area contributed by atoms with Crippen molar-refractivity contribution in [1.82, 2.24) is 15.0 Å². The van der Waals surface area contributed by atoms with Gasteiger partial charge in [-0.05, 0) is 128 Å². The Morgan fingerprint density at radius 2 is 0.869 bits per heavy atom. The highest BCUT2D eigenvalue weighted by Crippen LogP contribution is 2.70. The summed E-state index contributed by atoms with van der Waals surface area (Å²) in [7, 11) is -1.91. The molecule has 1 aromatic heterocycles. The van der Waals surface area contributed by atoms with Gasteiger partial charge >= 0.3 is 0 Å². The normalized spacial score (nSPS) is 23.1. The number of benzene rings is 7. The van der Waals surface area contributed by atoms with Crippen LogP contribution >= 0.6 is 0 Å². The number of hydrogen-bond donors (Lipinski definition) is 0. The van der Waals surface area contributed by atoms with Gasteiger partial charge in [-0.15, -0.1) is 0 Å². The van der Waals surface area contributed by atoms with Gasteiger partial charge in [0, 0.05) is 22.1 Å². The van der Waals surface area contributed by atoms with Crippen LogP contribution in [0.1, 0.15) is 43.2 Å². The van der Waals surface area contributed by atoms with Crippen LogP contribution in [0.5, 0.6) is 0 Å². The zero-order chi connectivity index (χ0) is 40.5. The van der Waals surface area contributed by atoms with Gasteiger partial charge in [-0.25, -0.2) is 15.0 Å². The van der Waals surface area contributed by atoms with Crippen LogP contribution in [0.15, 0.2) is 164 Å². The molecule has 294 valence electrons. The molecule has 0 saturated heterocycles. The van der Waals surface area contributed by atoms with Gasteiger partial charge < -0.3 is 0 Å². The largest absolute Gasteiger partial charge is 0.208 e. The van der Waals surface area contributed by atoms with Gasteiger partial charge in [0.05, 0.1) is 0 Å². The fraction of sp³-hybridized carbons (Fsp3) is 0.211. The minimum absolute atomic E-state index is 0.155. The predicted octanol–water partition coefficient (Wildman–Crippen LogP) is 12.7. The topological polar surface area (TPSA) is 38.7 Å². The van der Waals surface area contributed by atoms with Gasteiger partial charge in [-0.2, -0.15) is 0 Å². The van der Waals surface area contributed by atoms with E-state index in [-0.39, 0.29) is 5.41 Å². The average molecular weight is 802 g/mol. The third-order valence-electron chi connectivity index (χ3n) is 15.7. The molecule has 0 unspecified atom stereocenters. The molecule has 7 aromatic carbocycles. The Bertz CT molecular complexity index is 2960. The Hall–Kier alpha value is -6.23. The molecule has 5 aliphatic carbocycles. The Labute approximate surface area is 359 Å². The molecule has 0 atom stereocenters. The Kier molecular flexibility index (Phi) is 7.65. The van der Waals surface area contributed by atoms with Crippen LogP contribution < -0.4 is 10.4 Å². The van der Waals surface area contributed by atoms with E-state index in [1.807, 2.05) is 60.7 Å². The molecule has 0 N–H and O–H groups in total. The van der Waals surface area contributed by atoms with E-state index in [9.17, 15) is 0 Å². The lowest BCUT2D eigenvalue weighted by molar-refractivity contribution is -0.0397. The Morgan fingerprint density at radius 3 is 1.44 bits per heavy atom. The van der Waals surface area contributed by atoms with Crippen LogP contribution in [-0.2, 0) is 5.41 Å². The van der Waals surface area contributed by atoms with Crippen molar-refractivity contribution in [3.63, 3.8) is 0 Å². The monoisotopic (exact) mass is 801 g/mol. The fourth-order valence-corrected chi connectivity index (χ4v) is 16.3. The van der Waals surface area contributed by atoms with Crippen LogP contribution in [-0.4, -0.2) is 23.0 Å². The molecule has 4 saturated carbocycles. The average Bonchev–Trinajstić information content (AvgIpc) is 3.73. The maximum Gasteiger partial charge on any atom is 0.164 e. The number of rotatable bonds is 5. The Balaban J connectivity index is 0.857. The molecular formula is C57H47N3Si. The summed E-state index contributed by atoms with van der Waals surface area (Å²) in [5, 5.41) is 3.26. The highest BCUT2D eigenvalue weighted by Gasteiger charge is 2.63. The van der Waals surface area contributed by atoms with E-state index in [4.69, 9.17) is 15.0 Å². The summed E-state index contributed by atoms with van der Waals surface area (Å²) < 4.78 is 0. The first-order valence-corrected chi connectivity index (χ1v) is 25.4. The minimum Gasteiger partial charge on any atom is -0.208 e. The van der Waals surface area contributed by atoms with E-state index in [0.717, 1.165) is 40.4 Å². The van der Waals surface area contributed by atoms with Crippen LogP contribution in [0.25, 0.3) is 78.7 Å². The van der Waals surface area contributed by atoms with Crippen molar-refractivity contribution in [3.05, 3.63) is 175 Å². The second-order valence-corrected chi connectivity index (χ2v) is 23.5. The molecule has 2 heterocycles. The van der Waals surface area contributed by atoms with Crippen LogP contribution in [0.3, 0.4) is 0 Å². The zero-order valence-electron chi connectivity index (χ0n) is 34.8. The predicted molar refractivity (Wildman–Crippen MR) is 252 cm³/mol. The van der Waals surface area contributed by atoms with Gasteiger partial charge in [0.25, 0.3) is 0 Å². The highest BCUT2D eigenvalue weighted by atomic mass is 28.3. The van der Waals surface area contributed by atoms with Gasteiger partial charge in [0.2, 0.25) is 0 Å². The minimum atomic E-state index is -1.91. The van der Waals surface area contributed by atoms with E-state index in [1.54, 1.807) is 27.1 Å². The summed E-state index contributed by atoms with van der Waals surface area (Å²) in [5.74, 6) is 5.40. The molecule has 4 fully saturated rings. The SMILES string of the molecule is C[Si]1(C)c2ccc(-c3ccc(-c4ccc(-c5nc(-c6ccccc6)nc(-c6ccccc6)n5)cc4)cc3)cc2-c2c1ccc1c2C2(c3ccccc3-1)C1CC3CC(C1)CC2C3. The van der Waals surface area contributed by atoms with Crippen molar-refractivity contribution in [2.75, 3.05) is 0 Å². The van der Waals surface area contributed by atoms with Crippen molar-refractivity contribution in [3.8, 4) is 78.7 Å². The lowest BCUT2D eigenvalue weighted by Gasteiger charge is -2.61. The lowest BCUT2D eigenvalue weighted by Crippen LogP contribution is -2.56. The number of nitrogens with zero attached hydrogens (tertiary/aromatic N) is 3. The van der Waals surface area contributed by atoms with E-state index < -0.39 is 8.07 Å². The number of aromatic nitrogens is 3. The molecule has 0 amide bonds. The van der Waals surface area contributed by atoms with E-state index >= 15 is 0 Å². The summed E-state index contributed by atoms with van der Waals surface area (Å²) in [5.41, 5.74) is 17.6. The first-order valence-electron chi connectivity index (χ1n) is 22.4. The number of hydrogen-bond acceptors (Lipinski definition) is 3. The molecule has 8 aromatic rings. The zero-order valence-corrected chi connectivity index (χ0v) is 35.8. The maximum absolute atomic E-state index is 4.95. The molecule has 3 nitrogen and oxygen atoms in total. The molecule has 4 bridgehead atoms. The van der Waals surface area contributed by atoms with Crippen molar-refractivity contribution < 1.29 is 0 Å². The van der Waals surface area contributed by atoms with Crippen molar-refractivity contribution in [2.24, 2.45) is 23.7 Å². The highest BCUT2D eigenvalue weighted by molar-refractivity contribution is 7.04. The first kappa shape index (κ1) is 35.5. The molecule has 1 aliphatic heterocycles. The van der Waals surface area contributed by atoms with Gasteiger partial charge in [0.15, 0.2) is 17.5 Å². The van der Waals surface area contributed by atoms with Crippen molar-refractivity contribution in [2.45, 2.75) is 50.6 Å². The molecule has 4 heteroatoms. The molecule has 1 spiro atoms. The van der Waals surface area contributed by atoms with E-state index in [2.05, 4.69) is 116 Å². The van der Waals surface area contributed by atoms with Crippen LogP contribution in [0.2, 0.25) is 13.1 Å². The third-order valence-corrected chi connectivity index (χ3v) is 19.3. The van der Waals surface area contributed by atoms with Crippen LogP contribution in [0.4, 0.5) is 0 Å². The van der Waals surface area contributed by atoms with Gasteiger partial charge in [0.1, 0.15) is 8.07 Å². The van der Waals surface area contributed by atoms with E-state index in [1.165, 1.54) is 71.0 Å². The summed E-state index contributed by atoms with van der Waals surface area (Å²) in [6.45, 7) is 5.20. The lowest BCUT2D eigenvalue weighted by atomic mass is 9.42. The molecular weight excluding hydrogens is 755 g/mol. The van der Waals surface area contributed by atoms with Gasteiger partial charge in [-0.1, -0.05) is 171 Å². The second-order valence-electron chi connectivity index (χ2n) is 19.2. The third kappa shape index (κ3) is 5.18. The van der Waals surface area contributed by atoms with E-state index in [0.29, 0.717) is 17.5 Å². The summed E-state index contributed by atoms with van der Waals surface area (Å²) in [4.78, 5) is 14.8. The van der Waals surface area contributed by atoms with Crippen molar-refractivity contribution >= 4 is 18.4 Å². The standard InChI is InChI=1S/C57H47N3Si/c1-61(2)50-27-25-43(34-48(50)52-51(61)28-26-47-46-15-9-10-16-49(46)57(53(47)52)44-30-35-29-36(32-44)33-45(57)31-35)39-19-17-37(18-20-39)38-21-23-42(24-22-38)56-59-54(40-11-5-3-6-12-40)58-55(60-56)41-13-7-4-8-14-41/h3-28,34-36,44-45H,29-33H2,1-2H3. The summed E-state index contributed by atoms with van der Waals surface area (Å²) in [6, 6.07) is 60.4. The molecule has 61 heavy (non-hydrogen) atoms. The smallest absolute Gasteiger partial charge is 0.164 e. The van der Waals surface area contributed by atoms with Gasteiger partial charge in [-0.3, -0.25) is 0 Å². The molecule has 0 radical (unpaired) electrons.